The Hall–Kier alpha value is -1.07. The number of hydrogen-bond donors (Lipinski definition) is 1. The molecule has 0 fully saturated rings. The van der Waals surface area contributed by atoms with Gasteiger partial charge in [0.05, 0.1) is 12.8 Å². The molecule has 0 atom stereocenters. The van der Waals surface area contributed by atoms with Crippen LogP contribution in [0.3, 0.4) is 0 Å². The second-order valence-corrected chi connectivity index (χ2v) is 3.22. The minimum absolute atomic E-state index is 0.216. The Kier molecular flexibility index (Phi) is 3.91. The summed E-state index contributed by atoms with van der Waals surface area (Å²) in [6.07, 6.45) is 1.49. The molecule has 0 bridgehead atoms. The molecule has 5 nitrogen and oxygen atoms in total. The van der Waals surface area contributed by atoms with Gasteiger partial charge >= 0.3 is 0 Å². The highest BCUT2D eigenvalue weighted by molar-refractivity contribution is 6.32. The zero-order valence-electron chi connectivity index (χ0n) is 8.20. The molecule has 0 aromatic carbocycles. The van der Waals surface area contributed by atoms with Gasteiger partial charge in [0.25, 0.3) is 0 Å². The number of nitrogens with two attached hydrogens (primary N) is 1. The summed E-state index contributed by atoms with van der Waals surface area (Å²) in [5.74, 6) is 0.838. The molecule has 0 unspecified atom stereocenters. The molecule has 0 saturated carbocycles. The molecule has 2 N–H and O–H groups in total. The Balaban J connectivity index is 2.77. The smallest absolute Gasteiger partial charge is 0.222 e. The van der Waals surface area contributed by atoms with E-state index in [-0.39, 0.29) is 5.95 Å². The Morgan fingerprint density at radius 3 is 3.00 bits per heavy atom. The zero-order chi connectivity index (χ0) is 10.6. The van der Waals surface area contributed by atoms with Gasteiger partial charge < -0.3 is 15.4 Å². The fraction of sp³-hybridized carbons (Fsp3) is 0.500. The van der Waals surface area contributed by atoms with Crippen LogP contribution in [0.4, 0.5) is 11.8 Å². The van der Waals surface area contributed by atoms with Gasteiger partial charge in [-0.05, 0) is 0 Å². The van der Waals surface area contributed by atoms with E-state index < -0.39 is 0 Å². The first kappa shape index (κ1) is 11.0. The molecule has 78 valence electrons. The molecule has 0 aliphatic carbocycles. The van der Waals surface area contributed by atoms with Crippen molar-refractivity contribution in [3.63, 3.8) is 0 Å². The average Bonchev–Trinajstić information content (AvgIpc) is 2.18. The van der Waals surface area contributed by atoms with Crippen molar-refractivity contribution in [2.75, 3.05) is 37.9 Å². The SMILES string of the molecule is COCCN(C)c1nc(N)ncc1Cl. The van der Waals surface area contributed by atoms with Crippen LogP contribution >= 0.6 is 11.6 Å². The summed E-state index contributed by atoms with van der Waals surface area (Å²) >= 11 is 5.91. The average molecular weight is 217 g/mol. The molecular formula is C8H13ClN4O. The first-order valence-electron chi connectivity index (χ1n) is 4.13. The van der Waals surface area contributed by atoms with E-state index in [4.69, 9.17) is 22.1 Å². The molecule has 6 heteroatoms. The molecule has 0 saturated heterocycles. The minimum atomic E-state index is 0.216. The summed E-state index contributed by atoms with van der Waals surface area (Å²) in [5.41, 5.74) is 5.46. The fourth-order valence-electron chi connectivity index (χ4n) is 0.973. The van der Waals surface area contributed by atoms with Gasteiger partial charge in [-0.1, -0.05) is 11.6 Å². The van der Waals surface area contributed by atoms with Crippen molar-refractivity contribution in [1.29, 1.82) is 0 Å². The quantitative estimate of drug-likeness (QED) is 0.807. The molecular weight excluding hydrogens is 204 g/mol. The van der Waals surface area contributed by atoms with Crippen LogP contribution in [0.5, 0.6) is 0 Å². The Morgan fingerprint density at radius 1 is 1.64 bits per heavy atom. The largest absolute Gasteiger partial charge is 0.383 e. The van der Waals surface area contributed by atoms with E-state index in [2.05, 4.69) is 9.97 Å². The third kappa shape index (κ3) is 2.71. The predicted molar refractivity (Wildman–Crippen MR) is 56.6 cm³/mol. The van der Waals surface area contributed by atoms with E-state index in [0.29, 0.717) is 24.0 Å². The highest BCUT2D eigenvalue weighted by Crippen LogP contribution is 2.21. The van der Waals surface area contributed by atoms with E-state index in [0.717, 1.165) is 0 Å². The van der Waals surface area contributed by atoms with Crippen LogP contribution in [-0.2, 0) is 4.74 Å². The third-order valence-electron chi connectivity index (χ3n) is 1.74. The van der Waals surface area contributed by atoms with Crippen molar-refractivity contribution in [2.45, 2.75) is 0 Å². The van der Waals surface area contributed by atoms with Crippen LogP contribution in [0, 0.1) is 0 Å². The summed E-state index contributed by atoms with van der Waals surface area (Å²) in [6.45, 7) is 1.31. The minimum Gasteiger partial charge on any atom is -0.383 e. The van der Waals surface area contributed by atoms with E-state index in [1.165, 1.54) is 6.20 Å². The molecule has 1 rings (SSSR count). The second kappa shape index (κ2) is 4.97. The van der Waals surface area contributed by atoms with Crippen LogP contribution < -0.4 is 10.6 Å². The maximum Gasteiger partial charge on any atom is 0.222 e. The first-order valence-corrected chi connectivity index (χ1v) is 4.51. The van der Waals surface area contributed by atoms with Gasteiger partial charge in [-0.25, -0.2) is 4.98 Å². The summed E-state index contributed by atoms with van der Waals surface area (Å²) < 4.78 is 4.94. The number of hydrogen-bond acceptors (Lipinski definition) is 5. The van der Waals surface area contributed by atoms with Crippen molar-refractivity contribution < 1.29 is 4.74 Å². The van der Waals surface area contributed by atoms with Crippen LogP contribution in [0.2, 0.25) is 5.02 Å². The Morgan fingerprint density at radius 2 is 2.36 bits per heavy atom. The van der Waals surface area contributed by atoms with Crippen LogP contribution in [-0.4, -0.2) is 37.3 Å². The van der Waals surface area contributed by atoms with Gasteiger partial charge in [-0.3, -0.25) is 0 Å². The molecule has 14 heavy (non-hydrogen) atoms. The standard InChI is InChI=1S/C8H13ClN4O/c1-13(3-4-14-2)7-6(9)5-11-8(10)12-7/h5H,3-4H2,1-2H3,(H2,10,11,12). The lowest BCUT2D eigenvalue weighted by atomic mass is 10.5. The second-order valence-electron chi connectivity index (χ2n) is 2.81. The monoisotopic (exact) mass is 216 g/mol. The predicted octanol–water partition coefficient (Wildman–Crippen LogP) is 0.795. The normalized spacial score (nSPS) is 10.2. The number of halogens is 1. The highest BCUT2D eigenvalue weighted by Gasteiger charge is 2.08. The van der Waals surface area contributed by atoms with Gasteiger partial charge in [0.2, 0.25) is 5.95 Å². The van der Waals surface area contributed by atoms with Gasteiger partial charge in [-0.2, -0.15) is 4.98 Å². The van der Waals surface area contributed by atoms with E-state index in [1.54, 1.807) is 7.11 Å². The molecule has 1 aromatic rings. The molecule has 1 aromatic heterocycles. The summed E-state index contributed by atoms with van der Waals surface area (Å²) in [7, 11) is 3.51. The topological polar surface area (TPSA) is 64.3 Å². The van der Waals surface area contributed by atoms with E-state index in [1.807, 2.05) is 11.9 Å². The number of rotatable bonds is 4. The number of nitrogen functional groups attached to an aromatic ring is 1. The van der Waals surface area contributed by atoms with Gasteiger partial charge in [-0.15, -0.1) is 0 Å². The van der Waals surface area contributed by atoms with Crippen LogP contribution in [0.1, 0.15) is 0 Å². The van der Waals surface area contributed by atoms with E-state index >= 15 is 0 Å². The van der Waals surface area contributed by atoms with Gasteiger partial charge in [0.1, 0.15) is 5.02 Å². The Labute approximate surface area is 87.8 Å². The Bertz CT molecular complexity index is 307. The summed E-state index contributed by atoms with van der Waals surface area (Å²) in [4.78, 5) is 9.67. The van der Waals surface area contributed by atoms with Crippen LogP contribution in [0.15, 0.2) is 6.20 Å². The number of methoxy groups -OCH3 is 1. The molecule has 1 heterocycles. The molecule has 0 aliphatic rings. The number of likely N-dealkylation sites (N-methyl/N-ethyl adjacent to an activating group) is 1. The molecule has 0 amide bonds. The van der Waals surface area contributed by atoms with E-state index in [9.17, 15) is 0 Å². The highest BCUT2D eigenvalue weighted by atomic mass is 35.5. The lowest BCUT2D eigenvalue weighted by molar-refractivity contribution is 0.206. The molecule has 0 spiro atoms. The van der Waals surface area contributed by atoms with Crippen molar-refractivity contribution >= 4 is 23.4 Å². The maximum absolute atomic E-state index is 5.91. The van der Waals surface area contributed by atoms with Crippen molar-refractivity contribution in [3.8, 4) is 0 Å². The maximum atomic E-state index is 5.91. The fourth-order valence-corrected chi connectivity index (χ4v) is 1.21. The summed E-state index contributed by atoms with van der Waals surface area (Å²) in [5, 5.41) is 0.484. The van der Waals surface area contributed by atoms with Crippen molar-refractivity contribution in [1.82, 2.24) is 9.97 Å². The molecule has 0 aliphatic heterocycles. The zero-order valence-corrected chi connectivity index (χ0v) is 8.95. The van der Waals surface area contributed by atoms with Crippen molar-refractivity contribution in [3.05, 3.63) is 11.2 Å². The molecule has 0 radical (unpaired) electrons. The van der Waals surface area contributed by atoms with Gasteiger partial charge in [0, 0.05) is 20.7 Å². The lowest BCUT2D eigenvalue weighted by Gasteiger charge is -2.18. The van der Waals surface area contributed by atoms with Gasteiger partial charge in [0.15, 0.2) is 5.82 Å². The third-order valence-corrected chi connectivity index (χ3v) is 2.00. The number of ether oxygens (including phenoxy) is 1. The summed E-state index contributed by atoms with van der Waals surface area (Å²) in [6, 6.07) is 0. The first-order chi connectivity index (χ1) is 6.65. The number of nitrogens with zero attached hydrogens (tertiary/aromatic N) is 3. The number of aromatic nitrogens is 2. The lowest BCUT2D eigenvalue weighted by Crippen LogP contribution is -2.23. The van der Waals surface area contributed by atoms with Crippen LogP contribution in [0.25, 0.3) is 0 Å². The van der Waals surface area contributed by atoms with Crippen molar-refractivity contribution in [2.24, 2.45) is 0 Å². The number of anilines is 2.